The van der Waals surface area contributed by atoms with Crippen LogP contribution in [0.15, 0.2) is 48.1 Å². The molecule has 0 saturated carbocycles. The van der Waals surface area contributed by atoms with E-state index >= 15 is 0 Å². The Balaban J connectivity index is 1.45. The second kappa shape index (κ2) is 7.53. The van der Waals surface area contributed by atoms with E-state index in [1.165, 1.54) is 0 Å². The van der Waals surface area contributed by atoms with Crippen LogP contribution in [0.3, 0.4) is 0 Å². The van der Waals surface area contributed by atoms with Gasteiger partial charge in [-0.25, -0.2) is 17.7 Å². The number of rotatable bonds is 7. The summed E-state index contributed by atoms with van der Waals surface area (Å²) in [5.74, 6) is -0.218. The fraction of sp³-hybridized carbons (Fsp3) is 0.200. The van der Waals surface area contributed by atoms with Gasteiger partial charge in [0.05, 0.1) is 23.5 Å². The Kier molecular flexibility index (Phi) is 5.19. The number of fused-ring (bicyclic) bond motifs is 1. The fourth-order valence-corrected chi connectivity index (χ4v) is 3.76. The number of hydrogen-bond acceptors (Lipinski definition) is 5. The molecule has 0 radical (unpaired) electrons. The number of sulfonamides is 1. The second-order valence-corrected chi connectivity index (χ2v) is 8.10. The Morgan fingerprint density at radius 3 is 2.92 bits per heavy atom. The molecule has 0 aromatic carbocycles. The fourth-order valence-electron chi connectivity index (χ4n) is 2.16. The lowest BCUT2D eigenvalue weighted by molar-refractivity contribution is 0.241. The summed E-state index contributed by atoms with van der Waals surface area (Å²) in [7, 11) is -3.56. The summed E-state index contributed by atoms with van der Waals surface area (Å²) in [5, 5.41) is 11.2. The molecule has 3 heterocycles. The summed E-state index contributed by atoms with van der Waals surface area (Å²) in [6, 6.07) is 8.50. The first-order valence-electron chi connectivity index (χ1n) is 7.50. The van der Waals surface area contributed by atoms with E-state index in [-0.39, 0.29) is 12.3 Å². The van der Waals surface area contributed by atoms with Gasteiger partial charge in [-0.05, 0) is 29.6 Å². The number of nitrogens with zero attached hydrogens (tertiary/aromatic N) is 2. The summed E-state index contributed by atoms with van der Waals surface area (Å²) < 4.78 is 28.3. The van der Waals surface area contributed by atoms with Crippen LogP contribution in [0.4, 0.5) is 10.5 Å². The SMILES string of the molecule is O=C(NCCS(=O)(=O)Nc1ccn2nccc2c1)NCc1cccs1. The summed E-state index contributed by atoms with van der Waals surface area (Å²) in [5.41, 5.74) is 1.24. The van der Waals surface area contributed by atoms with E-state index in [4.69, 9.17) is 0 Å². The van der Waals surface area contributed by atoms with Crippen molar-refractivity contribution in [1.82, 2.24) is 20.2 Å². The van der Waals surface area contributed by atoms with E-state index < -0.39 is 16.1 Å². The molecule has 0 atom stereocenters. The quantitative estimate of drug-likeness (QED) is 0.580. The van der Waals surface area contributed by atoms with Gasteiger partial charge in [-0.3, -0.25) is 4.72 Å². The minimum absolute atomic E-state index is 0.0144. The van der Waals surface area contributed by atoms with Crippen molar-refractivity contribution in [2.45, 2.75) is 6.54 Å². The predicted octanol–water partition coefficient (Wildman–Crippen LogP) is 1.64. The Labute approximate surface area is 148 Å². The highest BCUT2D eigenvalue weighted by Gasteiger charge is 2.11. The van der Waals surface area contributed by atoms with Crippen LogP contribution in [0.2, 0.25) is 0 Å². The van der Waals surface area contributed by atoms with Crippen LogP contribution in [0, 0.1) is 0 Å². The predicted molar refractivity (Wildman–Crippen MR) is 97.2 cm³/mol. The number of carbonyl (C=O) groups is 1. The summed E-state index contributed by atoms with van der Waals surface area (Å²) in [6.07, 6.45) is 3.30. The summed E-state index contributed by atoms with van der Waals surface area (Å²) in [4.78, 5) is 12.7. The number of hydrogen-bond donors (Lipinski definition) is 3. The Bertz CT molecular complexity index is 951. The highest BCUT2D eigenvalue weighted by atomic mass is 32.2. The van der Waals surface area contributed by atoms with Crippen LogP contribution in [0.1, 0.15) is 4.88 Å². The zero-order valence-corrected chi connectivity index (χ0v) is 14.8. The zero-order chi connectivity index (χ0) is 17.7. The minimum atomic E-state index is -3.56. The topological polar surface area (TPSA) is 105 Å². The molecule has 0 aliphatic carbocycles. The van der Waals surface area contributed by atoms with Gasteiger partial charge in [0.25, 0.3) is 0 Å². The maximum absolute atomic E-state index is 12.1. The standard InChI is InChI=1S/C15H17N5O3S2/c21-15(17-11-14-2-1-8-24-14)16-6-9-25(22,23)19-12-4-7-20-13(10-12)3-5-18-20/h1-5,7-8,10,19H,6,9,11H2,(H2,16,17,21). The lowest BCUT2D eigenvalue weighted by Gasteiger charge is -2.10. The van der Waals surface area contributed by atoms with Crippen molar-refractivity contribution in [3.63, 3.8) is 0 Å². The molecular formula is C15H17N5O3S2. The molecule has 8 nitrogen and oxygen atoms in total. The first kappa shape index (κ1) is 17.2. The molecule has 3 N–H and O–H groups in total. The molecule has 0 aliphatic heterocycles. The highest BCUT2D eigenvalue weighted by Crippen LogP contribution is 2.13. The average molecular weight is 379 g/mol. The lowest BCUT2D eigenvalue weighted by atomic mass is 10.4. The van der Waals surface area contributed by atoms with Crippen LogP contribution < -0.4 is 15.4 Å². The third-order valence-corrected chi connectivity index (χ3v) is 5.50. The van der Waals surface area contributed by atoms with Gasteiger partial charge in [0.1, 0.15) is 0 Å². The largest absolute Gasteiger partial charge is 0.337 e. The molecule has 3 aromatic rings. The van der Waals surface area contributed by atoms with Crippen LogP contribution in [0.25, 0.3) is 5.52 Å². The van der Waals surface area contributed by atoms with E-state index in [9.17, 15) is 13.2 Å². The maximum Gasteiger partial charge on any atom is 0.315 e. The van der Waals surface area contributed by atoms with Crippen molar-refractivity contribution >= 4 is 38.6 Å². The third kappa shape index (κ3) is 4.94. The van der Waals surface area contributed by atoms with Gasteiger partial charge in [-0.15, -0.1) is 11.3 Å². The van der Waals surface area contributed by atoms with Gasteiger partial charge in [-0.1, -0.05) is 6.07 Å². The van der Waals surface area contributed by atoms with Gasteiger partial charge in [0.2, 0.25) is 10.0 Å². The number of thiophene rings is 1. The van der Waals surface area contributed by atoms with Gasteiger partial charge >= 0.3 is 6.03 Å². The average Bonchev–Trinajstić information content (AvgIpc) is 3.23. The van der Waals surface area contributed by atoms with Crippen molar-refractivity contribution in [3.8, 4) is 0 Å². The molecule has 0 spiro atoms. The van der Waals surface area contributed by atoms with Crippen molar-refractivity contribution in [3.05, 3.63) is 53.0 Å². The monoisotopic (exact) mass is 379 g/mol. The van der Waals surface area contributed by atoms with Crippen molar-refractivity contribution < 1.29 is 13.2 Å². The van der Waals surface area contributed by atoms with Gasteiger partial charge in [0, 0.05) is 23.8 Å². The van der Waals surface area contributed by atoms with Crippen LogP contribution in [-0.4, -0.2) is 36.4 Å². The van der Waals surface area contributed by atoms with E-state index in [2.05, 4.69) is 20.5 Å². The number of nitrogens with one attached hydrogen (secondary N) is 3. The van der Waals surface area contributed by atoms with Crippen molar-refractivity contribution in [2.75, 3.05) is 17.0 Å². The Morgan fingerprint density at radius 1 is 1.24 bits per heavy atom. The molecule has 0 saturated heterocycles. The van der Waals surface area contributed by atoms with Gasteiger partial charge in [-0.2, -0.15) is 5.10 Å². The summed E-state index contributed by atoms with van der Waals surface area (Å²) >= 11 is 1.54. The van der Waals surface area contributed by atoms with Gasteiger partial charge in [0.15, 0.2) is 0 Å². The second-order valence-electron chi connectivity index (χ2n) is 5.23. The van der Waals surface area contributed by atoms with E-state index in [0.29, 0.717) is 12.2 Å². The lowest BCUT2D eigenvalue weighted by Crippen LogP contribution is -2.38. The molecular weight excluding hydrogens is 362 g/mol. The third-order valence-electron chi connectivity index (χ3n) is 3.33. The first-order chi connectivity index (χ1) is 12.0. The maximum atomic E-state index is 12.1. The number of amides is 2. The molecule has 0 unspecified atom stereocenters. The van der Waals surface area contributed by atoms with Crippen LogP contribution in [0.5, 0.6) is 0 Å². The van der Waals surface area contributed by atoms with Crippen molar-refractivity contribution in [2.24, 2.45) is 0 Å². The molecule has 3 rings (SSSR count). The van der Waals surface area contributed by atoms with Crippen LogP contribution in [-0.2, 0) is 16.6 Å². The van der Waals surface area contributed by atoms with E-state index in [0.717, 1.165) is 10.4 Å². The zero-order valence-electron chi connectivity index (χ0n) is 13.2. The number of urea groups is 1. The van der Waals surface area contributed by atoms with Gasteiger partial charge < -0.3 is 10.6 Å². The van der Waals surface area contributed by atoms with E-state index in [1.807, 2.05) is 17.5 Å². The number of aromatic nitrogens is 2. The molecule has 3 aromatic heterocycles. The molecule has 0 aliphatic rings. The number of anilines is 1. The molecule has 0 bridgehead atoms. The molecule has 132 valence electrons. The number of pyridine rings is 1. The first-order valence-corrected chi connectivity index (χ1v) is 10.0. The van der Waals surface area contributed by atoms with E-state index in [1.54, 1.807) is 46.4 Å². The molecule has 2 amide bonds. The Hall–Kier alpha value is -2.59. The molecule has 25 heavy (non-hydrogen) atoms. The number of carbonyl (C=O) groups excluding carboxylic acids is 1. The smallest absolute Gasteiger partial charge is 0.315 e. The Morgan fingerprint density at radius 2 is 2.12 bits per heavy atom. The van der Waals surface area contributed by atoms with Crippen LogP contribution >= 0.6 is 11.3 Å². The minimum Gasteiger partial charge on any atom is -0.337 e. The molecule has 10 heteroatoms. The summed E-state index contributed by atoms with van der Waals surface area (Å²) in [6.45, 7) is 0.431. The highest BCUT2D eigenvalue weighted by molar-refractivity contribution is 7.92. The molecule has 0 fully saturated rings. The normalized spacial score (nSPS) is 11.4. The van der Waals surface area contributed by atoms with Crippen molar-refractivity contribution in [1.29, 1.82) is 0 Å².